The SMILES string of the molecule is CCOC(=O)N1N=NC(c2ccccc2)(c2ccccc2)C1C(Cl)(Cl)Cl. The van der Waals surface area contributed by atoms with Crippen molar-refractivity contribution in [3.8, 4) is 0 Å². The van der Waals surface area contributed by atoms with Crippen molar-refractivity contribution in [1.82, 2.24) is 5.01 Å². The van der Waals surface area contributed by atoms with E-state index in [9.17, 15) is 4.79 Å². The van der Waals surface area contributed by atoms with Crippen LogP contribution in [0.3, 0.4) is 0 Å². The van der Waals surface area contributed by atoms with Crippen LogP contribution >= 0.6 is 34.8 Å². The van der Waals surface area contributed by atoms with Gasteiger partial charge in [0, 0.05) is 0 Å². The third-order valence-corrected chi connectivity index (χ3v) is 4.75. The highest BCUT2D eigenvalue weighted by Crippen LogP contribution is 2.52. The highest BCUT2D eigenvalue weighted by molar-refractivity contribution is 6.68. The summed E-state index contributed by atoms with van der Waals surface area (Å²) in [5, 5.41) is 9.49. The number of halogens is 3. The van der Waals surface area contributed by atoms with E-state index in [4.69, 9.17) is 39.5 Å². The number of benzene rings is 2. The normalized spacial score (nSPS) is 18.8. The predicted octanol–water partition coefficient (Wildman–Crippen LogP) is 5.51. The monoisotopic (exact) mass is 411 g/mol. The van der Waals surface area contributed by atoms with Gasteiger partial charge in [-0.15, -0.1) is 0 Å². The molecule has 3 rings (SSSR count). The minimum atomic E-state index is -1.87. The molecule has 0 radical (unpaired) electrons. The molecule has 8 heteroatoms. The van der Waals surface area contributed by atoms with Gasteiger partial charge in [0.15, 0.2) is 5.54 Å². The Kier molecular flexibility index (Phi) is 5.42. The molecule has 0 saturated carbocycles. The summed E-state index contributed by atoms with van der Waals surface area (Å²) in [7, 11) is 0. The van der Waals surface area contributed by atoms with Crippen molar-refractivity contribution in [3.63, 3.8) is 0 Å². The quantitative estimate of drug-likeness (QED) is 0.624. The molecule has 136 valence electrons. The van der Waals surface area contributed by atoms with Crippen LogP contribution < -0.4 is 0 Å². The molecule has 0 bridgehead atoms. The molecule has 1 amide bonds. The Bertz CT molecular complexity index is 755. The first-order valence-corrected chi connectivity index (χ1v) is 9.11. The summed E-state index contributed by atoms with van der Waals surface area (Å²) in [6, 6.07) is 17.6. The molecule has 0 aliphatic carbocycles. The number of alkyl halides is 3. The Morgan fingerprint density at radius 2 is 1.58 bits per heavy atom. The van der Waals surface area contributed by atoms with Gasteiger partial charge in [-0.2, -0.15) is 10.1 Å². The average Bonchev–Trinajstić information content (AvgIpc) is 3.06. The van der Waals surface area contributed by atoms with Gasteiger partial charge in [-0.05, 0) is 18.1 Å². The van der Waals surface area contributed by atoms with Gasteiger partial charge in [0.1, 0.15) is 6.04 Å². The van der Waals surface area contributed by atoms with Gasteiger partial charge in [-0.3, -0.25) is 0 Å². The third kappa shape index (κ3) is 3.27. The lowest BCUT2D eigenvalue weighted by atomic mass is 9.78. The van der Waals surface area contributed by atoms with Gasteiger partial charge >= 0.3 is 6.09 Å². The Morgan fingerprint density at radius 3 is 2.00 bits per heavy atom. The summed E-state index contributed by atoms with van der Waals surface area (Å²) in [5.74, 6) is 0. The largest absolute Gasteiger partial charge is 0.448 e. The number of hydrogen-bond donors (Lipinski definition) is 0. The highest BCUT2D eigenvalue weighted by Gasteiger charge is 2.60. The fourth-order valence-electron chi connectivity index (χ4n) is 3.09. The van der Waals surface area contributed by atoms with Crippen molar-refractivity contribution in [2.75, 3.05) is 6.61 Å². The van der Waals surface area contributed by atoms with Crippen LogP contribution in [0.2, 0.25) is 0 Å². The van der Waals surface area contributed by atoms with Crippen molar-refractivity contribution < 1.29 is 9.53 Å². The van der Waals surface area contributed by atoms with Gasteiger partial charge in [0.25, 0.3) is 0 Å². The summed E-state index contributed by atoms with van der Waals surface area (Å²) < 4.78 is 3.20. The molecule has 0 N–H and O–H groups in total. The zero-order chi connectivity index (χ0) is 18.8. The standard InChI is InChI=1S/C18H16Cl3N3O2/c1-2-26-16(25)24-15(18(19,20)21)17(22-23-24,13-9-5-3-6-10-13)14-11-7-4-8-12-14/h3-12,15H,2H2,1H3. The van der Waals surface area contributed by atoms with Crippen molar-refractivity contribution in [2.24, 2.45) is 10.3 Å². The lowest BCUT2D eigenvalue weighted by Gasteiger charge is -2.38. The van der Waals surface area contributed by atoms with Crippen molar-refractivity contribution in [2.45, 2.75) is 22.3 Å². The second-order valence-electron chi connectivity index (χ2n) is 5.68. The number of carbonyl (C=O) groups excluding carboxylic acids is 1. The minimum Gasteiger partial charge on any atom is -0.448 e. The van der Waals surface area contributed by atoms with Gasteiger partial charge in [0.05, 0.1) is 6.61 Å². The Hall–Kier alpha value is -1.82. The molecule has 0 spiro atoms. The van der Waals surface area contributed by atoms with Crippen LogP contribution in [0.1, 0.15) is 18.1 Å². The fraction of sp³-hybridized carbons (Fsp3) is 0.278. The molecule has 2 aromatic rings. The van der Waals surface area contributed by atoms with Crippen LogP contribution in [-0.4, -0.2) is 27.5 Å². The van der Waals surface area contributed by atoms with Crippen molar-refractivity contribution in [3.05, 3.63) is 71.8 Å². The van der Waals surface area contributed by atoms with Crippen LogP contribution in [0, 0.1) is 0 Å². The molecule has 1 heterocycles. The average molecular weight is 413 g/mol. The smallest absolute Gasteiger partial charge is 0.432 e. The van der Waals surface area contributed by atoms with E-state index in [1.807, 2.05) is 60.7 Å². The lowest BCUT2D eigenvalue weighted by Crippen LogP contribution is -2.53. The molecule has 2 aromatic carbocycles. The van der Waals surface area contributed by atoms with Crippen LogP contribution in [0.15, 0.2) is 71.0 Å². The van der Waals surface area contributed by atoms with Crippen molar-refractivity contribution in [1.29, 1.82) is 0 Å². The van der Waals surface area contributed by atoms with Crippen LogP contribution in [0.25, 0.3) is 0 Å². The first-order valence-electron chi connectivity index (χ1n) is 7.98. The van der Waals surface area contributed by atoms with Crippen LogP contribution in [-0.2, 0) is 10.3 Å². The third-order valence-electron chi connectivity index (χ3n) is 4.13. The molecule has 1 aliphatic heterocycles. The maximum Gasteiger partial charge on any atom is 0.432 e. The molecular formula is C18H16Cl3N3O2. The van der Waals surface area contributed by atoms with E-state index in [1.165, 1.54) is 0 Å². The van der Waals surface area contributed by atoms with E-state index >= 15 is 0 Å². The number of hydrogen-bond acceptors (Lipinski definition) is 4. The first-order chi connectivity index (χ1) is 12.4. The molecular weight excluding hydrogens is 397 g/mol. The minimum absolute atomic E-state index is 0.168. The molecule has 0 saturated heterocycles. The first kappa shape index (κ1) is 19.0. The summed E-state index contributed by atoms with van der Waals surface area (Å²) in [4.78, 5) is 12.4. The molecule has 1 atom stereocenters. The number of nitrogens with zero attached hydrogens (tertiary/aromatic N) is 3. The Labute approximate surface area is 166 Å². The zero-order valence-corrected chi connectivity index (χ0v) is 16.1. The second kappa shape index (κ2) is 7.43. The maximum atomic E-state index is 12.4. The van der Waals surface area contributed by atoms with E-state index in [0.29, 0.717) is 0 Å². The maximum absolute atomic E-state index is 12.4. The van der Waals surface area contributed by atoms with Gasteiger partial charge < -0.3 is 4.74 Å². The Balaban J connectivity index is 2.23. The van der Waals surface area contributed by atoms with Crippen molar-refractivity contribution >= 4 is 40.9 Å². The number of amides is 1. The topological polar surface area (TPSA) is 54.3 Å². The molecule has 1 unspecified atom stereocenters. The summed E-state index contributed by atoms with van der Waals surface area (Å²) in [5.41, 5.74) is 0.316. The van der Waals surface area contributed by atoms with E-state index in [0.717, 1.165) is 16.1 Å². The summed E-state index contributed by atoms with van der Waals surface area (Å²) >= 11 is 19.0. The molecule has 5 nitrogen and oxygen atoms in total. The molecule has 1 aliphatic rings. The van der Waals surface area contributed by atoms with Gasteiger partial charge in [-0.25, -0.2) is 4.79 Å². The number of ether oxygens (including phenoxy) is 1. The molecule has 26 heavy (non-hydrogen) atoms. The summed E-state index contributed by atoms with van der Waals surface area (Å²) in [6.07, 6.45) is -0.721. The fourth-order valence-corrected chi connectivity index (χ4v) is 3.84. The number of rotatable bonds is 3. The highest BCUT2D eigenvalue weighted by atomic mass is 35.6. The second-order valence-corrected chi connectivity index (χ2v) is 8.04. The molecule has 0 fully saturated rings. The lowest BCUT2D eigenvalue weighted by molar-refractivity contribution is 0.0914. The van der Waals surface area contributed by atoms with Gasteiger partial charge in [-0.1, -0.05) is 101 Å². The van der Waals surface area contributed by atoms with E-state index in [-0.39, 0.29) is 6.61 Å². The van der Waals surface area contributed by atoms with E-state index in [1.54, 1.807) is 6.92 Å². The molecule has 0 aromatic heterocycles. The van der Waals surface area contributed by atoms with E-state index < -0.39 is 21.5 Å². The van der Waals surface area contributed by atoms with Crippen LogP contribution in [0.5, 0.6) is 0 Å². The zero-order valence-electron chi connectivity index (χ0n) is 13.8. The van der Waals surface area contributed by atoms with Crippen LogP contribution in [0.4, 0.5) is 4.79 Å². The summed E-state index contributed by atoms with van der Waals surface area (Å²) in [6.45, 7) is 1.86. The predicted molar refractivity (Wildman–Crippen MR) is 101 cm³/mol. The number of carbonyl (C=O) groups is 1. The van der Waals surface area contributed by atoms with E-state index in [2.05, 4.69) is 10.3 Å². The Morgan fingerprint density at radius 1 is 1.08 bits per heavy atom. The van der Waals surface area contributed by atoms with Gasteiger partial charge in [0.2, 0.25) is 3.79 Å².